The Balaban J connectivity index is 2.11. The SMILES string of the molecule is CC(C)(C)C1=NNN(c2cccc(CC(N)C(=O)O)c2)N=C1. The molecule has 1 aromatic carbocycles. The maximum absolute atomic E-state index is 10.8. The molecule has 0 bridgehead atoms. The van der Waals surface area contributed by atoms with Gasteiger partial charge in [-0.05, 0) is 24.1 Å². The molecule has 0 saturated heterocycles. The summed E-state index contributed by atoms with van der Waals surface area (Å²) in [4.78, 5) is 10.8. The monoisotopic (exact) mass is 303 g/mol. The van der Waals surface area contributed by atoms with Crippen LogP contribution in [0, 0.1) is 5.41 Å². The molecule has 118 valence electrons. The maximum atomic E-state index is 10.8. The summed E-state index contributed by atoms with van der Waals surface area (Å²) in [5.74, 6) is -1.01. The van der Waals surface area contributed by atoms with Crippen LogP contribution < -0.4 is 16.4 Å². The normalized spacial score (nSPS) is 16.0. The van der Waals surface area contributed by atoms with Gasteiger partial charge in [-0.1, -0.05) is 32.9 Å². The molecule has 1 unspecified atom stereocenters. The van der Waals surface area contributed by atoms with Gasteiger partial charge in [-0.15, -0.1) is 0 Å². The predicted octanol–water partition coefficient (Wildman–Crippen LogP) is 1.35. The summed E-state index contributed by atoms with van der Waals surface area (Å²) >= 11 is 0. The Bertz CT molecular complexity index is 619. The lowest BCUT2D eigenvalue weighted by Crippen LogP contribution is -2.38. The highest BCUT2D eigenvalue weighted by atomic mass is 16.4. The largest absolute Gasteiger partial charge is 0.480 e. The zero-order chi connectivity index (χ0) is 16.3. The first-order valence-electron chi connectivity index (χ1n) is 7.02. The van der Waals surface area contributed by atoms with E-state index in [0.29, 0.717) is 0 Å². The molecule has 0 aromatic heterocycles. The fourth-order valence-corrected chi connectivity index (χ4v) is 1.91. The van der Waals surface area contributed by atoms with Crippen molar-refractivity contribution in [3.8, 4) is 0 Å². The number of carbonyl (C=O) groups is 1. The number of aliphatic carboxylic acids is 1. The summed E-state index contributed by atoms with van der Waals surface area (Å²) in [6, 6.07) is 6.45. The van der Waals surface area contributed by atoms with Crippen LogP contribution in [0.2, 0.25) is 0 Å². The lowest BCUT2D eigenvalue weighted by atomic mass is 9.91. The fraction of sp³-hybridized carbons (Fsp3) is 0.400. The molecular formula is C15H21N5O2. The predicted molar refractivity (Wildman–Crippen MR) is 86.8 cm³/mol. The Morgan fingerprint density at radius 1 is 1.45 bits per heavy atom. The Labute approximate surface area is 129 Å². The van der Waals surface area contributed by atoms with Crippen molar-refractivity contribution >= 4 is 23.6 Å². The maximum Gasteiger partial charge on any atom is 0.320 e. The lowest BCUT2D eigenvalue weighted by Gasteiger charge is -2.26. The van der Waals surface area contributed by atoms with Crippen LogP contribution in [0.4, 0.5) is 5.69 Å². The second-order valence-corrected chi connectivity index (χ2v) is 6.22. The Morgan fingerprint density at radius 3 is 2.73 bits per heavy atom. The van der Waals surface area contributed by atoms with E-state index < -0.39 is 12.0 Å². The number of hydrazine groups is 1. The average Bonchev–Trinajstić information content (AvgIpc) is 2.46. The fourth-order valence-electron chi connectivity index (χ4n) is 1.91. The van der Waals surface area contributed by atoms with Gasteiger partial charge in [0, 0.05) is 5.41 Å². The molecule has 1 aromatic rings. The summed E-state index contributed by atoms with van der Waals surface area (Å²) in [5, 5.41) is 19.0. The number of carboxylic acid groups (broad SMARTS) is 1. The molecule has 4 N–H and O–H groups in total. The molecule has 0 amide bonds. The molecule has 7 nitrogen and oxygen atoms in total. The van der Waals surface area contributed by atoms with E-state index >= 15 is 0 Å². The molecule has 22 heavy (non-hydrogen) atoms. The summed E-state index contributed by atoms with van der Waals surface area (Å²) in [6.45, 7) is 6.18. The number of hydrogen-bond donors (Lipinski definition) is 3. The second-order valence-electron chi connectivity index (χ2n) is 6.22. The molecule has 0 radical (unpaired) electrons. The first kappa shape index (κ1) is 16.0. The smallest absolute Gasteiger partial charge is 0.320 e. The molecule has 0 fully saturated rings. The highest BCUT2D eigenvalue weighted by Crippen LogP contribution is 2.20. The van der Waals surface area contributed by atoms with Crippen LogP contribution in [0.5, 0.6) is 0 Å². The third-order valence-corrected chi connectivity index (χ3v) is 3.26. The highest BCUT2D eigenvalue weighted by molar-refractivity contribution is 6.33. The van der Waals surface area contributed by atoms with Crippen molar-refractivity contribution in [1.29, 1.82) is 0 Å². The van der Waals surface area contributed by atoms with E-state index in [0.717, 1.165) is 17.0 Å². The van der Waals surface area contributed by atoms with Crippen molar-refractivity contribution in [2.45, 2.75) is 33.2 Å². The molecular weight excluding hydrogens is 282 g/mol. The lowest BCUT2D eigenvalue weighted by molar-refractivity contribution is -0.138. The Morgan fingerprint density at radius 2 is 2.18 bits per heavy atom. The molecule has 0 aliphatic carbocycles. The number of benzene rings is 1. The summed E-state index contributed by atoms with van der Waals surface area (Å²) in [6.07, 6.45) is 1.98. The molecule has 1 heterocycles. The number of anilines is 1. The van der Waals surface area contributed by atoms with Gasteiger partial charge in [0.2, 0.25) is 0 Å². The summed E-state index contributed by atoms with van der Waals surface area (Å²) in [7, 11) is 0. The second kappa shape index (κ2) is 6.15. The van der Waals surface area contributed by atoms with Gasteiger partial charge >= 0.3 is 5.97 Å². The highest BCUT2D eigenvalue weighted by Gasteiger charge is 2.21. The van der Waals surface area contributed by atoms with E-state index in [4.69, 9.17) is 10.8 Å². The topological polar surface area (TPSA) is 103 Å². The van der Waals surface area contributed by atoms with Gasteiger partial charge in [0.15, 0.2) is 0 Å². The van der Waals surface area contributed by atoms with Crippen molar-refractivity contribution in [1.82, 2.24) is 5.53 Å². The number of nitrogens with two attached hydrogens (primary N) is 1. The standard InChI is InChI=1S/C15H21N5O2/c1-15(2,3)13-9-17-20(19-18-13)11-6-4-5-10(7-11)8-12(16)14(21)22/h4-7,9,12,19H,8,16H2,1-3H3,(H,21,22). The van der Waals surface area contributed by atoms with Crippen molar-refractivity contribution in [2.75, 3.05) is 5.12 Å². The zero-order valence-corrected chi connectivity index (χ0v) is 12.9. The number of nitrogens with zero attached hydrogens (tertiary/aromatic N) is 3. The van der Waals surface area contributed by atoms with E-state index in [1.54, 1.807) is 6.21 Å². The van der Waals surface area contributed by atoms with E-state index in [1.165, 1.54) is 5.12 Å². The van der Waals surface area contributed by atoms with Crippen molar-refractivity contribution in [3.63, 3.8) is 0 Å². The number of hydrazone groups is 2. The first-order chi connectivity index (χ1) is 10.3. The number of carboxylic acids is 1. The van der Waals surface area contributed by atoms with Crippen LogP contribution in [0.15, 0.2) is 34.5 Å². The van der Waals surface area contributed by atoms with E-state index in [1.807, 2.05) is 24.3 Å². The van der Waals surface area contributed by atoms with Gasteiger partial charge in [0.05, 0.1) is 17.6 Å². The number of hydrogen-bond acceptors (Lipinski definition) is 6. The number of nitrogens with one attached hydrogen (secondary N) is 1. The van der Waals surface area contributed by atoms with Crippen LogP contribution in [-0.4, -0.2) is 29.0 Å². The molecule has 2 rings (SSSR count). The minimum absolute atomic E-state index is 0.0846. The molecule has 0 saturated carbocycles. The Hall–Kier alpha value is -2.41. The summed E-state index contributed by atoms with van der Waals surface area (Å²) in [5.41, 5.74) is 10.8. The van der Waals surface area contributed by atoms with E-state index in [2.05, 4.69) is 36.5 Å². The zero-order valence-electron chi connectivity index (χ0n) is 12.9. The first-order valence-corrected chi connectivity index (χ1v) is 7.02. The van der Waals surface area contributed by atoms with Gasteiger partial charge < -0.3 is 10.8 Å². The number of rotatable bonds is 4. The van der Waals surface area contributed by atoms with Crippen molar-refractivity contribution in [2.24, 2.45) is 21.4 Å². The molecule has 1 aliphatic heterocycles. The Kier molecular flexibility index (Phi) is 4.46. The molecule has 1 aliphatic rings. The van der Waals surface area contributed by atoms with Crippen LogP contribution in [-0.2, 0) is 11.2 Å². The quantitative estimate of drug-likeness (QED) is 0.779. The van der Waals surface area contributed by atoms with Gasteiger partial charge in [0.25, 0.3) is 0 Å². The van der Waals surface area contributed by atoms with Gasteiger partial charge in [0.1, 0.15) is 6.04 Å². The summed E-state index contributed by atoms with van der Waals surface area (Å²) < 4.78 is 0. The van der Waals surface area contributed by atoms with E-state index in [-0.39, 0.29) is 11.8 Å². The van der Waals surface area contributed by atoms with Gasteiger partial charge in [-0.3, -0.25) is 4.79 Å². The van der Waals surface area contributed by atoms with Crippen LogP contribution in [0.3, 0.4) is 0 Å². The average molecular weight is 303 g/mol. The van der Waals surface area contributed by atoms with Gasteiger partial charge in [-0.2, -0.15) is 20.9 Å². The van der Waals surface area contributed by atoms with E-state index in [9.17, 15) is 4.79 Å². The van der Waals surface area contributed by atoms with Gasteiger partial charge in [-0.25, -0.2) is 0 Å². The molecule has 1 atom stereocenters. The van der Waals surface area contributed by atoms with Crippen molar-refractivity contribution < 1.29 is 9.90 Å². The van der Waals surface area contributed by atoms with Crippen LogP contribution in [0.1, 0.15) is 26.3 Å². The third-order valence-electron chi connectivity index (χ3n) is 3.26. The third kappa shape index (κ3) is 3.82. The molecule has 7 heteroatoms. The minimum Gasteiger partial charge on any atom is -0.480 e. The van der Waals surface area contributed by atoms with Crippen molar-refractivity contribution in [3.05, 3.63) is 29.8 Å². The minimum atomic E-state index is -1.01. The van der Waals surface area contributed by atoms with Crippen LogP contribution in [0.25, 0.3) is 0 Å². The van der Waals surface area contributed by atoms with Crippen LogP contribution >= 0.6 is 0 Å². The molecule has 0 spiro atoms.